The van der Waals surface area contributed by atoms with E-state index in [1.807, 2.05) is 54.6 Å². The molecule has 6 aromatic rings. The Kier molecular flexibility index (Phi) is 5.16. The summed E-state index contributed by atoms with van der Waals surface area (Å²) < 4.78 is 15.0. The van der Waals surface area contributed by atoms with Crippen molar-refractivity contribution in [3.63, 3.8) is 0 Å². The van der Waals surface area contributed by atoms with Crippen LogP contribution in [0.2, 0.25) is 0 Å². The molecule has 35 heavy (non-hydrogen) atoms. The summed E-state index contributed by atoms with van der Waals surface area (Å²) in [5, 5.41) is 21.2. The molecular formula is C26H20FN7O. The van der Waals surface area contributed by atoms with Crippen LogP contribution in [-0.2, 0) is 6.42 Å². The fraction of sp³-hybridized carbons (Fsp3) is 0.0769. The minimum atomic E-state index is -0.796. The van der Waals surface area contributed by atoms with Gasteiger partial charge in [0.2, 0.25) is 0 Å². The van der Waals surface area contributed by atoms with E-state index in [1.165, 1.54) is 6.07 Å². The van der Waals surface area contributed by atoms with E-state index in [-0.39, 0.29) is 5.52 Å². The summed E-state index contributed by atoms with van der Waals surface area (Å²) in [7, 11) is 0. The summed E-state index contributed by atoms with van der Waals surface area (Å²) in [6.45, 7) is 0. The van der Waals surface area contributed by atoms with Crippen molar-refractivity contribution in [3.8, 4) is 22.6 Å². The molecule has 4 aromatic heterocycles. The molecule has 0 aliphatic rings. The van der Waals surface area contributed by atoms with Crippen molar-refractivity contribution in [1.29, 1.82) is 0 Å². The zero-order valence-corrected chi connectivity index (χ0v) is 18.4. The van der Waals surface area contributed by atoms with Crippen molar-refractivity contribution in [2.75, 3.05) is 5.32 Å². The number of hydrogen-bond donors (Lipinski definition) is 4. The Morgan fingerprint density at radius 3 is 2.74 bits per heavy atom. The van der Waals surface area contributed by atoms with Crippen LogP contribution in [0.25, 0.3) is 44.7 Å². The third-order valence-electron chi connectivity index (χ3n) is 5.78. The number of imidazole rings is 1. The van der Waals surface area contributed by atoms with Gasteiger partial charge in [0.1, 0.15) is 17.4 Å². The molecule has 0 aliphatic carbocycles. The number of nitrogens with zero attached hydrogens (tertiary/aromatic N) is 4. The van der Waals surface area contributed by atoms with Crippen LogP contribution >= 0.6 is 0 Å². The van der Waals surface area contributed by atoms with E-state index in [1.54, 1.807) is 18.6 Å². The number of benzene rings is 2. The monoisotopic (exact) mass is 465 g/mol. The molecule has 1 unspecified atom stereocenters. The lowest BCUT2D eigenvalue weighted by Gasteiger charge is -2.15. The van der Waals surface area contributed by atoms with Gasteiger partial charge in [-0.25, -0.2) is 14.4 Å². The minimum Gasteiger partial charge on any atom is -0.373 e. The van der Waals surface area contributed by atoms with Crippen LogP contribution in [0.5, 0.6) is 0 Å². The van der Waals surface area contributed by atoms with E-state index in [9.17, 15) is 5.11 Å². The maximum atomic E-state index is 15.0. The minimum absolute atomic E-state index is 0.220. The summed E-state index contributed by atoms with van der Waals surface area (Å²) in [5.74, 6) is 0.0621. The fourth-order valence-electron chi connectivity index (χ4n) is 4.14. The average Bonchev–Trinajstić information content (AvgIpc) is 3.49. The van der Waals surface area contributed by atoms with Gasteiger partial charge in [0.05, 0.1) is 17.4 Å². The van der Waals surface area contributed by atoms with Gasteiger partial charge in [0.25, 0.3) is 0 Å². The molecule has 0 saturated heterocycles. The smallest absolute Gasteiger partial charge is 0.178 e. The van der Waals surface area contributed by atoms with Gasteiger partial charge in [-0.3, -0.25) is 10.1 Å². The van der Waals surface area contributed by atoms with Crippen molar-refractivity contribution < 1.29 is 9.50 Å². The molecule has 0 aliphatic heterocycles. The fourth-order valence-corrected chi connectivity index (χ4v) is 4.14. The Labute approximate surface area is 198 Å². The first-order chi connectivity index (χ1) is 17.1. The maximum Gasteiger partial charge on any atom is 0.178 e. The number of H-pyrrole nitrogens is 2. The van der Waals surface area contributed by atoms with E-state index < -0.39 is 12.0 Å². The number of anilines is 1. The number of halogens is 1. The summed E-state index contributed by atoms with van der Waals surface area (Å²) in [6.07, 6.45) is 4.59. The maximum absolute atomic E-state index is 15.0. The molecule has 0 fully saturated rings. The first-order valence-corrected chi connectivity index (χ1v) is 11.1. The van der Waals surface area contributed by atoms with Gasteiger partial charge in [-0.2, -0.15) is 5.10 Å². The summed E-state index contributed by atoms with van der Waals surface area (Å²) in [5.41, 5.74) is 5.09. The predicted octanol–water partition coefficient (Wildman–Crippen LogP) is 4.68. The highest BCUT2D eigenvalue weighted by Gasteiger charge is 2.17. The number of hydrogen-bond acceptors (Lipinski definition) is 6. The number of rotatable bonds is 6. The number of nitrogens with one attached hydrogen (secondary N) is 3. The topological polar surface area (TPSA) is 115 Å². The lowest BCUT2D eigenvalue weighted by Crippen LogP contribution is -2.21. The zero-order chi connectivity index (χ0) is 23.8. The van der Waals surface area contributed by atoms with Gasteiger partial charge in [-0.05, 0) is 41.5 Å². The SMILES string of the molecule is OC(Cc1ccccc1)Nc1cncc(-c2cc(F)c3n[nH]c(-c4nc5ncccc5[nH]4)c3c2)c1. The quantitative estimate of drug-likeness (QED) is 0.266. The third kappa shape index (κ3) is 4.09. The van der Waals surface area contributed by atoms with Gasteiger partial charge in [-0.15, -0.1) is 0 Å². The Morgan fingerprint density at radius 2 is 1.89 bits per heavy atom. The molecule has 9 heteroatoms. The standard InChI is InChI=1S/C26H20FN7O/c27-20-12-16(17-10-18(14-28-13-17)30-22(35)9-15-5-2-1-3-6-15)11-19-23(20)33-34-24(19)26-31-21-7-4-8-29-25(21)32-26/h1-8,10-14,22,30,35H,9H2,(H,33,34)(H,29,31,32). The van der Waals surface area contributed by atoms with Crippen molar-refractivity contribution >= 4 is 27.8 Å². The van der Waals surface area contributed by atoms with Gasteiger partial charge >= 0.3 is 0 Å². The predicted molar refractivity (Wildman–Crippen MR) is 132 cm³/mol. The summed E-state index contributed by atoms with van der Waals surface area (Å²) in [6, 6.07) is 18.5. The highest BCUT2D eigenvalue weighted by molar-refractivity contribution is 5.95. The van der Waals surface area contributed by atoms with Crippen LogP contribution in [0, 0.1) is 5.82 Å². The van der Waals surface area contributed by atoms with Crippen molar-refractivity contribution in [1.82, 2.24) is 30.1 Å². The zero-order valence-electron chi connectivity index (χ0n) is 18.4. The Bertz CT molecular complexity index is 1610. The number of aromatic nitrogens is 6. The number of aliphatic hydroxyl groups is 1. The van der Waals surface area contributed by atoms with Crippen LogP contribution < -0.4 is 5.32 Å². The number of aromatic amines is 2. The Morgan fingerprint density at radius 1 is 1.00 bits per heavy atom. The normalized spacial score (nSPS) is 12.3. The Balaban J connectivity index is 1.33. The number of fused-ring (bicyclic) bond motifs is 2. The number of aliphatic hydroxyl groups excluding tert-OH is 1. The molecule has 0 spiro atoms. The van der Waals surface area contributed by atoms with Crippen LogP contribution in [0.1, 0.15) is 5.56 Å². The summed E-state index contributed by atoms with van der Waals surface area (Å²) in [4.78, 5) is 16.2. The Hall–Kier alpha value is -4.63. The van der Waals surface area contributed by atoms with Crippen LogP contribution in [-0.4, -0.2) is 41.5 Å². The van der Waals surface area contributed by atoms with Crippen molar-refractivity contribution in [2.24, 2.45) is 0 Å². The molecule has 0 radical (unpaired) electrons. The molecule has 1 atom stereocenters. The van der Waals surface area contributed by atoms with Gasteiger partial charge in [-0.1, -0.05) is 30.3 Å². The molecule has 0 amide bonds. The molecule has 0 bridgehead atoms. The van der Waals surface area contributed by atoms with Gasteiger partial charge in [0, 0.05) is 29.8 Å². The third-order valence-corrected chi connectivity index (χ3v) is 5.78. The lowest BCUT2D eigenvalue weighted by atomic mass is 10.0. The van der Waals surface area contributed by atoms with Crippen molar-refractivity contribution in [2.45, 2.75) is 12.6 Å². The average molecular weight is 465 g/mol. The van der Waals surface area contributed by atoms with E-state index in [4.69, 9.17) is 0 Å². The number of pyridine rings is 2. The van der Waals surface area contributed by atoms with Crippen LogP contribution in [0.3, 0.4) is 0 Å². The van der Waals surface area contributed by atoms with E-state index in [0.29, 0.717) is 45.8 Å². The highest BCUT2D eigenvalue weighted by atomic mass is 19.1. The molecule has 6 rings (SSSR count). The second-order valence-corrected chi connectivity index (χ2v) is 8.22. The second-order valence-electron chi connectivity index (χ2n) is 8.22. The largest absolute Gasteiger partial charge is 0.373 e. The second kappa shape index (κ2) is 8.62. The molecule has 172 valence electrons. The van der Waals surface area contributed by atoms with E-state index >= 15 is 4.39 Å². The first-order valence-electron chi connectivity index (χ1n) is 11.1. The van der Waals surface area contributed by atoms with E-state index in [2.05, 4.69) is 35.5 Å². The molecule has 4 heterocycles. The molecule has 4 N–H and O–H groups in total. The van der Waals surface area contributed by atoms with Gasteiger partial charge < -0.3 is 15.4 Å². The van der Waals surface area contributed by atoms with Gasteiger partial charge in [0.15, 0.2) is 17.3 Å². The first kappa shape index (κ1) is 20.9. The molecule has 0 saturated carbocycles. The summed E-state index contributed by atoms with van der Waals surface area (Å²) >= 11 is 0. The molecular weight excluding hydrogens is 445 g/mol. The van der Waals surface area contributed by atoms with Crippen LogP contribution in [0.4, 0.5) is 10.1 Å². The van der Waals surface area contributed by atoms with Crippen LogP contribution in [0.15, 0.2) is 79.3 Å². The van der Waals surface area contributed by atoms with E-state index in [0.717, 1.165) is 11.1 Å². The molecule has 8 nitrogen and oxygen atoms in total. The van der Waals surface area contributed by atoms with Crippen molar-refractivity contribution in [3.05, 3.63) is 90.6 Å². The lowest BCUT2D eigenvalue weighted by molar-refractivity contribution is 0.204. The highest BCUT2D eigenvalue weighted by Crippen LogP contribution is 2.32. The molecule has 2 aromatic carbocycles.